The van der Waals surface area contributed by atoms with Gasteiger partial charge in [-0.2, -0.15) is 10.2 Å². The van der Waals surface area contributed by atoms with Crippen LogP contribution in [0.25, 0.3) is 0 Å². The Labute approximate surface area is 145 Å². The number of nitrogens with one attached hydrogen (secondary N) is 1. The minimum atomic E-state index is -0.288. The second-order valence-electron chi connectivity index (χ2n) is 6.16. The van der Waals surface area contributed by atoms with E-state index in [0.29, 0.717) is 13.2 Å². The van der Waals surface area contributed by atoms with Crippen LogP contribution in [0.5, 0.6) is 0 Å². The van der Waals surface area contributed by atoms with Gasteiger partial charge in [0.15, 0.2) is 0 Å². The van der Waals surface area contributed by atoms with E-state index >= 15 is 0 Å². The number of hydrogen-bond acceptors (Lipinski definition) is 5. The van der Waals surface area contributed by atoms with Gasteiger partial charge in [-0.05, 0) is 31.9 Å². The van der Waals surface area contributed by atoms with E-state index in [9.17, 15) is 9.59 Å². The fourth-order valence-corrected chi connectivity index (χ4v) is 3.17. The van der Waals surface area contributed by atoms with Gasteiger partial charge in [0, 0.05) is 44.9 Å². The van der Waals surface area contributed by atoms with Gasteiger partial charge in [0.25, 0.3) is 11.5 Å². The summed E-state index contributed by atoms with van der Waals surface area (Å²) in [5.74, 6) is -0.115. The first kappa shape index (κ1) is 17.3. The molecule has 0 spiro atoms. The third kappa shape index (κ3) is 3.79. The van der Waals surface area contributed by atoms with Crippen LogP contribution in [0.2, 0.25) is 0 Å². The molecule has 0 saturated carbocycles. The average Bonchev–Trinajstić information content (AvgIpc) is 3.10. The standard InChI is InChI=1S/C17H23N5O3/c1-3-22-14(8-9-19-22)16-12(5-4-10-25-16)11-18-17(24)13-6-7-15(23)21(2)20-13/h6-9,12,16H,3-5,10-11H2,1-2H3,(H,18,24)/t12-,16+/m0/s1. The summed E-state index contributed by atoms with van der Waals surface area (Å²) in [6, 6.07) is 4.76. The summed E-state index contributed by atoms with van der Waals surface area (Å²) in [6.07, 6.45) is 3.64. The smallest absolute Gasteiger partial charge is 0.271 e. The molecule has 1 aliphatic rings. The molecule has 1 saturated heterocycles. The van der Waals surface area contributed by atoms with Crippen molar-refractivity contribution in [2.24, 2.45) is 13.0 Å². The number of carbonyl (C=O) groups is 1. The molecule has 8 nitrogen and oxygen atoms in total. The van der Waals surface area contributed by atoms with Crippen molar-refractivity contribution < 1.29 is 9.53 Å². The van der Waals surface area contributed by atoms with E-state index in [1.54, 1.807) is 6.20 Å². The van der Waals surface area contributed by atoms with Crippen molar-refractivity contribution in [3.8, 4) is 0 Å². The van der Waals surface area contributed by atoms with E-state index in [-0.39, 0.29) is 29.2 Å². The normalized spacial score (nSPS) is 20.4. The van der Waals surface area contributed by atoms with Crippen LogP contribution < -0.4 is 10.9 Å². The summed E-state index contributed by atoms with van der Waals surface area (Å²) in [7, 11) is 1.52. The zero-order valence-electron chi connectivity index (χ0n) is 14.5. The predicted molar refractivity (Wildman–Crippen MR) is 91.1 cm³/mol. The minimum Gasteiger partial charge on any atom is -0.372 e. The van der Waals surface area contributed by atoms with Crippen molar-refractivity contribution in [1.29, 1.82) is 0 Å². The Balaban J connectivity index is 1.68. The van der Waals surface area contributed by atoms with Crippen LogP contribution in [0.3, 0.4) is 0 Å². The van der Waals surface area contributed by atoms with Gasteiger partial charge in [0.1, 0.15) is 11.8 Å². The lowest BCUT2D eigenvalue weighted by Gasteiger charge is -2.32. The summed E-state index contributed by atoms with van der Waals surface area (Å²) in [6.45, 7) is 4.03. The molecule has 134 valence electrons. The molecule has 3 heterocycles. The molecule has 0 aliphatic carbocycles. The maximum atomic E-state index is 12.3. The molecule has 25 heavy (non-hydrogen) atoms. The molecule has 0 bridgehead atoms. The second-order valence-corrected chi connectivity index (χ2v) is 6.16. The first-order valence-corrected chi connectivity index (χ1v) is 8.56. The van der Waals surface area contributed by atoms with Crippen molar-refractivity contribution in [1.82, 2.24) is 24.9 Å². The SMILES string of the molecule is CCn1nccc1[C@@H]1OCCC[C@H]1CNC(=O)c1ccc(=O)n(C)n1. The monoisotopic (exact) mass is 345 g/mol. The van der Waals surface area contributed by atoms with E-state index < -0.39 is 0 Å². The Bertz CT molecular complexity index is 798. The Morgan fingerprint density at radius 2 is 2.24 bits per heavy atom. The molecule has 0 radical (unpaired) electrons. The lowest BCUT2D eigenvalue weighted by Crippen LogP contribution is -2.36. The second kappa shape index (κ2) is 7.60. The Morgan fingerprint density at radius 1 is 1.40 bits per heavy atom. The molecule has 1 amide bonds. The average molecular weight is 345 g/mol. The molecule has 1 aliphatic heterocycles. The lowest BCUT2D eigenvalue weighted by atomic mass is 9.92. The van der Waals surface area contributed by atoms with Crippen LogP contribution in [0.15, 0.2) is 29.2 Å². The van der Waals surface area contributed by atoms with Gasteiger partial charge in [0.2, 0.25) is 0 Å². The maximum Gasteiger partial charge on any atom is 0.271 e. The van der Waals surface area contributed by atoms with E-state index in [1.807, 2.05) is 17.7 Å². The van der Waals surface area contributed by atoms with Gasteiger partial charge >= 0.3 is 0 Å². The predicted octanol–water partition coefficient (Wildman–Crippen LogP) is 0.894. The third-order valence-corrected chi connectivity index (χ3v) is 4.50. The van der Waals surface area contributed by atoms with E-state index in [0.717, 1.165) is 29.8 Å². The Kier molecular flexibility index (Phi) is 5.28. The van der Waals surface area contributed by atoms with Crippen molar-refractivity contribution in [2.75, 3.05) is 13.2 Å². The maximum absolute atomic E-state index is 12.3. The van der Waals surface area contributed by atoms with Crippen LogP contribution in [0, 0.1) is 5.92 Å². The van der Waals surface area contributed by atoms with Gasteiger partial charge in [0.05, 0.1) is 5.69 Å². The number of amides is 1. The van der Waals surface area contributed by atoms with Crippen LogP contribution in [-0.4, -0.2) is 38.6 Å². The van der Waals surface area contributed by atoms with Crippen LogP contribution >= 0.6 is 0 Å². The van der Waals surface area contributed by atoms with Crippen molar-refractivity contribution in [3.05, 3.63) is 46.1 Å². The highest BCUT2D eigenvalue weighted by Gasteiger charge is 2.30. The number of hydrogen-bond donors (Lipinski definition) is 1. The number of aryl methyl sites for hydroxylation is 2. The van der Waals surface area contributed by atoms with E-state index in [4.69, 9.17) is 4.74 Å². The fourth-order valence-electron chi connectivity index (χ4n) is 3.17. The molecule has 3 rings (SSSR count). The number of aromatic nitrogens is 4. The number of ether oxygens (including phenoxy) is 1. The number of rotatable bonds is 5. The molecule has 8 heteroatoms. The van der Waals surface area contributed by atoms with E-state index in [1.165, 1.54) is 19.2 Å². The molecular weight excluding hydrogens is 322 g/mol. The summed E-state index contributed by atoms with van der Waals surface area (Å²) in [5.41, 5.74) is 1.03. The van der Waals surface area contributed by atoms with E-state index in [2.05, 4.69) is 15.5 Å². The van der Waals surface area contributed by atoms with Gasteiger partial charge < -0.3 is 10.1 Å². The Hall–Kier alpha value is -2.48. The zero-order chi connectivity index (χ0) is 17.8. The molecule has 1 fully saturated rings. The van der Waals surface area contributed by atoms with Crippen LogP contribution in [0.1, 0.15) is 42.1 Å². The summed E-state index contributed by atoms with van der Waals surface area (Å²) in [5, 5.41) is 11.2. The third-order valence-electron chi connectivity index (χ3n) is 4.50. The first-order valence-electron chi connectivity index (χ1n) is 8.56. The molecule has 0 unspecified atom stereocenters. The van der Waals surface area contributed by atoms with Gasteiger partial charge in [-0.15, -0.1) is 0 Å². The van der Waals surface area contributed by atoms with Gasteiger partial charge in [-0.25, -0.2) is 4.68 Å². The largest absolute Gasteiger partial charge is 0.372 e. The molecule has 2 aromatic rings. The summed E-state index contributed by atoms with van der Waals surface area (Å²) in [4.78, 5) is 23.7. The summed E-state index contributed by atoms with van der Waals surface area (Å²) < 4.78 is 9.06. The fraction of sp³-hybridized carbons (Fsp3) is 0.529. The van der Waals surface area contributed by atoms with Crippen molar-refractivity contribution in [2.45, 2.75) is 32.4 Å². The number of nitrogens with zero attached hydrogens (tertiary/aromatic N) is 4. The molecule has 0 aromatic carbocycles. The van der Waals surface area contributed by atoms with Crippen LogP contribution in [-0.2, 0) is 18.3 Å². The first-order chi connectivity index (χ1) is 12.1. The minimum absolute atomic E-state index is 0.0791. The highest BCUT2D eigenvalue weighted by Crippen LogP contribution is 2.33. The van der Waals surface area contributed by atoms with Crippen molar-refractivity contribution in [3.63, 3.8) is 0 Å². The highest BCUT2D eigenvalue weighted by atomic mass is 16.5. The van der Waals surface area contributed by atoms with Crippen LogP contribution in [0.4, 0.5) is 0 Å². The highest BCUT2D eigenvalue weighted by molar-refractivity contribution is 5.91. The topological polar surface area (TPSA) is 91.0 Å². The molecule has 2 atom stereocenters. The van der Waals surface area contributed by atoms with Gasteiger partial charge in [-0.3, -0.25) is 14.3 Å². The zero-order valence-corrected chi connectivity index (χ0v) is 14.5. The van der Waals surface area contributed by atoms with Gasteiger partial charge in [-0.1, -0.05) is 0 Å². The molecule has 1 N–H and O–H groups in total. The Morgan fingerprint density at radius 3 is 3.00 bits per heavy atom. The molecule has 2 aromatic heterocycles. The van der Waals surface area contributed by atoms with Crippen molar-refractivity contribution >= 4 is 5.91 Å². The lowest BCUT2D eigenvalue weighted by molar-refractivity contribution is -0.0321. The molecular formula is C17H23N5O3. The number of carbonyl (C=O) groups excluding carboxylic acids is 1. The summed E-state index contributed by atoms with van der Waals surface area (Å²) >= 11 is 0. The quantitative estimate of drug-likeness (QED) is 0.869.